The molecule has 1 rings (SSSR count). The van der Waals surface area contributed by atoms with Crippen LogP contribution >= 0.6 is 19.6 Å². The Hall–Kier alpha value is -0.350. The zero-order chi connectivity index (χ0) is 7.11. The van der Waals surface area contributed by atoms with Gasteiger partial charge in [-0.15, -0.1) is 21.1 Å². The lowest BCUT2D eigenvalue weighted by molar-refractivity contribution is 0.405. The largest absolute Gasteiger partial charge is 0.692 e. The third-order valence-electron chi connectivity index (χ3n) is 0.347. The summed E-state index contributed by atoms with van der Waals surface area (Å²) in [6.45, 7) is 0. The smallest absolute Gasteiger partial charge is 0.253 e. The quantitative estimate of drug-likeness (QED) is 0.558. The highest BCUT2D eigenvalue weighted by atomic mass is 32.1. The van der Waals surface area contributed by atoms with E-state index in [-0.39, 0.29) is 0 Å². The summed E-state index contributed by atoms with van der Waals surface area (Å²) in [6.07, 6.45) is 1.77. The van der Waals surface area contributed by atoms with Gasteiger partial charge in [-0.2, -0.15) is 0 Å². The molecular weight excluding hydrogens is 161 g/mol. The highest BCUT2D eigenvalue weighted by Crippen LogP contribution is 1.98. The standard InChI is InChI=1S/C3H3NS.HO3P/c1-2-5-3-4-1;1-4(2)3/h1-3H;(H-,1,2,3)/p+1. The normalized spacial score (nSPS) is 7.33. The molecule has 1 heterocycles. The van der Waals surface area contributed by atoms with E-state index in [1.807, 2.05) is 5.38 Å². The van der Waals surface area contributed by atoms with E-state index >= 15 is 0 Å². The lowest BCUT2D eigenvalue weighted by atomic mass is 11.0. The summed E-state index contributed by atoms with van der Waals surface area (Å²) in [7, 11) is -2.87. The van der Waals surface area contributed by atoms with Crippen molar-refractivity contribution < 1.29 is 14.4 Å². The van der Waals surface area contributed by atoms with E-state index in [0.717, 1.165) is 0 Å². The van der Waals surface area contributed by atoms with Gasteiger partial charge in [0, 0.05) is 16.1 Å². The Labute approximate surface area is 56.8 Å². The van der Waals surface area contributed by atoms with E-state index in [0.29, 0.717) is 0 Å². The van der Waals surface area contributed by atoms with Crippen LogP contribution in [0.1, 0.15) is 0 Å². The molecule has 0 fully saturated rings. The van der Waals surface area contributed by atoms with Crippen molar-refractivity contribution in [2.24, 2.45) is 0 Å². The summed E-state index contributed by atoms with van der Waals surface area (Å²) in [6, 6.07) is 0. The van der Waals surface area contributed by atoms with Gasteiger partial charge in [-0.25, -0.2) is 0 Å². The van der Waals surface area contributed by atoms with Crippen LogP contribution in [-0.2, 0) is 4.57 Å². The lowest BCUT2D eigenvalue weighted by Crippen LogP contribution is -1.38. The van der Waals surface area contributed by atoms with Crippen LogP contribution in [0.2, 0.25) is 0 Å². The molecule has 0 radical (unpaired) electrons. The zero-order valence-electron chi connectivity index (χ0n) is 4.34. The minimum atomic E-state index is -2.87. The Kier molecular flexibility index (Phi) is 5.56. The van der Waals surface area contributed by atoms with E-state index in [1.165, 1.54) is 0 Å². The summed E-state index contributed by atoms with van der Waals surface area (Å²) in [5.74, 6) is 0. The molecule has 0 amide bonds. The van der Waals surface area contributed by atoms with E-state index < -0.39 is 8.25 Å². The van der Waals surface area contributed by atoms with Gasteiger partial charge in [-0.1, -0.05) is 0 Å². The fourth-order valence-electron chi connectivity index (χ4n) is 0.176. The Morgan fingerprint density at radius 1 is 1.56 bits per heavy atom. The van der Waals surface area contributed by atoms with Crippen molar-refractivity contribution in [2.75, 3.05) is 0 Å². The van der Waals surface area contributed by atoms with Gasteiger partial charge in [0.2, 0.25) is 0 Å². The van der Waals surface area contributed by atoms with Crippen molar-refractivity contribution in [3.05, 3.63) is 17.1 Å². The predicted octanol–water partition coefficient (Wildman–Crippen LogP) is 0.771. The first-order chi connectivity index (χ1) is 4.23. The van der Waals surface area contributed by atoms with E-state index in [9.17, 15) is 0 Å². The van der Waals surface area contributed by atoms with Crippen molar-refractivity contribution in [2.45, 2.75) is 0 Å². The molecule has 6 heteroatoms. The van der Waals surface area contributed by atoms with Gasteiger partial charge < -0.3 is 0 Å². The molecule has 0 aliphatic heterocycles. The average molecular weight is 166 g/mol. The molecular formula is C3H5NO3PS+. The Morgan fingerprint density at radius 3 is 2.22 bits per heavy atom. The van der Waals surface area contributed by atoms with Crippen LogP contribution < -0.4 is 0 Å². The molecule has 1 aromatic rings. The van der Waals surface area contributed by atoms with Crippen molar-refractivity contribution in [1.29, 1.82) is 0 Å². The lowest BCUT2D eigenvalue weighted by Gasteiger charge is -1.41. The second kappa shape index (κ2) is 5.78. The number of thiazole rings is 1. The van der Waals surface area contributed by atoms with Gasteiger partial charge in [0.1, 0.15) is 0 Å². The summed E-state index contributed by atoms with van der Waals surface area (Å²) < 4.78 is 8.70. The molecule has 0 saturated carbocycles. The fraction of sp³-hybridized carbons (Fsp3) is 0. The van der Waals surface area contributed by atoms with Crippen molar-refractivity contribution in [3.8, 4) is 0 Å². The third kappa shape index (κ3) is 11.3. The fourth-order valence-corrected chi connectivity index (χ4v) is 0.527. The molecule has 0 aromatic carbocycles. The average Bonchev–Trinajstić information content (AvgIpc) is 2.11. The van der Waals surface area contributed by atoms with E-state index in [2.05, 4.69) is 4.98 Å². The number of nitrogens with zero attached hydrogens (tertiary/aromatic N) is 1. The second-order valence-electron chi connectivity index (χ2n) is 0.928. The molecule has 0 aliphatic carbocycles. The third-order valence-corrected chi connectivity index (χ3v) is 0.869. The van der Waals surface area contributed by atoms with Crippen molar-refractivity contribution in [1.82, 2.24) is 4.98 Å². The topological polar surface area (TPSA) is 70.4 Å². The number of aromatic nitrogens is 1. The highest BCUT2D eigenvalue weighted by Gasteiger charge is 1.93. The second-order valence-corrected chi connectivity index (χ2v) is 2.19. The molecule has 0 bridgehead atoms. The molecule has 1 aromatic heterocycles. The Bertz CT molecular complexity index is 133. The van der Waals surface area contributed by atoms with E-state index in [4.69, 9.17) is 14.4 Å². The molecule has 0 spiro atoms. The molecule has 4 nitrogen and oxygen atoms in total. The maximum Gasteiger partial charge on any atom is 0.692 e. The van der Waals surface area contributed by atoms with Crippen LogP contribution in [0.3, 0.4) is 0 Å². The number of hydrogen-bond acceptors (Lipinski definition) is 3. The first-order valence-corrected chi connectivity index (χ1v) is 4.01. The van der Waals surface area contributed by atoms with Crippen molar-refractivity contribution in [3.63, 3.8) is 0 Å². The maximum atomic E-state index is 8.70. The first kappa shape index (κ1) is 8.65. The van der Waals surface area contributed by atoms with Gasteiger partial charge in [0.25, 0.3) is 0 Å². The summed E-state index contributed by atoms with van der Waals surface area (Å²) in [5.41, 5.74) is 1.79. The summed E-state index contributed by atoms with van der Waals surface area (Å²) in [5, 5.41) is 1.93. The van der Waals surface area contributed by atoms with Gasteiger partial charge in [0.15, 0.2) is 0 Å². The van der Waals surface area contributed by atoms with Crippen LogP contribution in [0.4, 0.5) is 0 Å². The molecule has 0 atom stereocenters. The van der Waals surface area contributed by atoms with Crippen LogP contribution in [0.5, 0.6) is 0 Å². The summed E-state index contributed by atoms with van der Waals surface area (Å²) >= 11 is 1.60. The Balaban J connectivity index is 0.000000148. The molecule has 50 valence electrons. The minimum Gasteiger partial charge on any atom is -0.253 e. The Morgan fingerprint density at radius 2 is 2.11 bits per heavy atom. The molecule has 0 aliphatic rings. The minimum absolute atomic E-state index is 1.60. The molecule has 2 N–H and O–H groups in total. The van der Waals surface area contributed by atoms with E-state index in [1.54, 1.807) is 23.0 Å². The summed E-state index contributed by atoms with van der Waals surface area (Å²) in [4.78, 5) is 18.0. The SMILES string of the molecule is O=[P+](O)O.c1cscn1. The van der Waals surface area contributed by atoms with Gasteiger partial charge in [-0.3, -0.25) is 4.98 Å². The van der Waals surface area contributed by atoms with Crippen molar-refractivity contribution >= 4 is 19.6 Å². The van der Waals surface area contributed by atoms with Crippen LogP contribution in [0, 0.1) is 0 Å². The van der Waals surface area contributed by atoms with Crippen LogP contribution in [0.25, 0.3) is 0 Å². The van der Waals surface area contributed by atoms with Gasteiger partial charge in [0.05, 0.1) is 5.51 Å². The number of rotatable bonds is 0. The molecule has 9 heavy (non-hydrogen) atoms. The maximum absolute atomic E-state index is 8.70. The van der Waals surface area contributed by atoms with Gasteiger partial charge >= 0.3 is 8.25 Å². The predicted molar refractivity (Wildman–Crippen MR) is 34.2 cm³/mol. The van der Waals surface area contributed by atoms with Crippen LogP contribution in [-0.4, -0.2) is 14.8 Å². The number of hydrogen-bond donors (Lipinski definition) is 2. The molecule has 0 saturated heterocycles. The molecule has 0 unspecified atom stereocenters. The first-order valence-electron chi connectivity index (χ1n) is 1.90. The highest BCUT2D eigenvalue weighted by molar-refractivity contribution is 7.30. The van der Waals surface area contributed by atoms with Gasteiger partial charge in [-0.05, 0) is 0 Å². The zero-order valence-corrected chi connectivity index (χ0v) is 6.05. The van der Waals surface area contributed by atoms with Crippen LogP contribution in [0.15, 0.2) is 17.1 Å². The monoisotopic (exact) mass is 166 g/mol.